The Bertz CT molecular complexity index is 961. The van der Waals surface area contributed by atoms with Crippen LogP contribution in [0.25, 0.3) is 0 Å². The number of urea groups is 1. The van der Waals surface area contributed by atoms with Crippen LogP contribution in [0.1, 0.15) is 12.0 Å². The van der Waals surface area contributed by atoms with E-state index in [0.717, 1.165) is 11.6 Å². The number of carbonyl (C=O) groups excluding carboxylic acids is 1. The maximum Gasteiger partial charge on any atom is 0.317 e. The van der Waals surface area contributed by atoms with E-state index >= 15 is 0 Å². The molecule has 0 unspecified atom stereocenters. The molecule has 1 N–H and O–H groups in total. The van der Waals surface area contributed by atoms with Gasteiger partial charge < -0.3 is 10.2 Å². The lowest BCUT2D eigenvalue weighted by molar-refractivity contribution is 0.172. The highest BCUT2D eigenvalue weighted by Gasteiger charge is 2.31. The Balaban J connectivity index is 1.45. The molecule has 0 saturated carbocycles. The maximum atomic E-state index is 13.9. The predicted molar refractivity (Wildman–Crippen MR) is 105 cm³/mol. The van der Waals surface area contributed by atoms with E-state index in [4.69, 9.17) is 0 Å². The number of halogens is 2. The lowest BCUT2D eigenvalue weighted by atomic mass is 10.1. The van der Waals surface area contributed by atoms with E-state index in [1.165, 1.54) is 39.5 Å². The smallest absolute Gasteiger partial charge is 0.317 e. The minimum Gasteiger partial charge on any atom is -0.338 e. The van der Waals surface area contributed by atoms with Crippen molar-refractivity contribution in [1.82, 2.24) is 14.5 Å². The molecule has 0 aliphatic carbocycles. The highest BCUT2D eigenvalue weighted by molar-refractivity contribution is 7.89. The quantitative estimate of drug-likeness (QED) is 0.727. The zero-order chi connectivity index (χ0) is 20.9. The molecule has 0 bridgehead atoms. The van der Waals surface area contributed by atoms with Gasteiger partial charge in [0.05, 0.1) is 0 Å². The molecule has 1 saturated heterocycles. The van der Waals surface area contributed by atoms with Crippen molar-refractivity contribution in [3.8, 4) is 0 Å². The number of aryl methyl sites for hydroxylation is 1. The number of piperazine rings is 1. The topological polar surface area (TPSA) is 69.7 Å². The Morgan fingerprint density at radius 2 is 1.72 bits per heavy atom. The minimum absolute atomic E-state index is 0.105. The number of rotatable bonds is 6. The number of sulfonamides is 1. The summed E-state index contributed by atoms with van der Waals surface area (Å²) >= 11 is 0. The largest absolute Gasteiger partial charge is 0.338 e. The van der Waals surface area contributed by atoms with Gasteiger partial charge in [-0.25, -0.2) is 22.0 Å². The summed E-state index contributed by atoms with van der Waals surface area (Å²) in [6.07, 6.45) is 1.31. The van der Waals surface area contributed by atoms with Gasteiger partial charge in [0.25, 0.3) is 0 Å². The minimum atomic E-state index is -3.93. The van der Waals surface area contributed by atoms with E-state index < -0.39 is 15.8 Å². The molecule has 2 aromatic rings. The maximum absolute atomic E-state index is 13.9. The Kier molecular flexibility index (Phi) is 6.81. The van der Waals surface area contributed by atoms with Crippen LogP contribution < -0.4 is 5.32 Å². The monoisotopic (exact) mass is 423 g/mol. The van der Waals surface area contributed by atoms with Crippen molar-refractivity contribution in [2.24, 2.45) is 0 Å². The second-order valence-electron chi connectivity index (χ2n) is 6.79. The lowest BCUT2D eigenvalue weighted by Gasteiger charge is -2.34. The second kappa shape index (κ2) is 9.32. The molecule has 156 valence electrons. The normalized spacial score (nSPS) is 15.3. The standard InChI is InChI=1S/C20H23F2N3O3S/c21-17-7-3-5-16(15-17)6-4-10-23-20(26)24-11-13-25(14-12-24)29(27,28)19-9-2-1-8-18(19)22/h1-3,5,7-9,15H,4,6,10-14H2,(H,23,26). The van der Waals surface area contributed by atoms with Crippen molar-refractivity contribution >= 4 is 16.1 Å². The van der Waals surface area contributed by atoms with Gasteiger partial charge in [0.1, 0.15) is 16.5 Å². The van der Waals surface area contributed by atoms with Crippen LogP contribution in [0.15, 0.2) is 53.4 Å². The zero-order valence-corrected chi connectivity index (χ0v) is 16.7. The fourth-order valence-electron chi connectivity index (χ4n) is 3.22. The van der Waals surface area contributed by atoms with Crippen LogP contribution in [-0.4, -0.2) is 56.4 Å². The molecule has 1 fully saturated rings. The molecule has 29 heavy (non-hydrogen) atoms. The molecule has 0 atom stereocenters. The van der Waals surface area contributed by atoms with E-state index in [0.29, 0.717) is 19.4 Å². The van der Waals surface area contributed by atoms with Crippen LogP contribution in [0, 0.1) is 11.6 Å². The average Bonchev–Trinajstić information content (AvgIpc) is 2.71. The van der Waals surface area contributed by atoms with Gasteiger partial charge in [-0.15, -0.1) is 0 Å². The van der Waals surface area contributed by atoms with Gasteiger partial charge in [-0.2, -0.15) is 4.31 Å². The van der Waals surface area contributed by atoms with E-state index in [2.05, 4.69) is 5.32 Å². The fraction of sp³-hybridized carbons (Fsp3) is 0.350. The van der Waals surface area contributed by atoms with Crippen molar-refractivity contribution in [3.05, 3.63) is 65.7 Å². The molecule has 6 nitrogen and oxygen atoms in total. The van der Waals surface area contributed by atoms with Crippen molar-refractivity contribution in [2.75, 3.05) is 32.7 Å². The SMILES string of the molecule is O=C(NCCCc1cccc(F)c1)N1CCN(S(=O)(=O)c2ccccc2F)CC1. The van der Waals surface area contributed by atoms with Gasteiger partial charge in [0, 0.05) is 32.7 Å². The van der Waals surface area contributed by atoms with Crippen molar-refractivity contribution in [2.45, 2.75) is 17.7 Å². The number of benzene rings is 2. The van der Waals surface area contributed by atoms with Crippen LogP contribution in [-0.2, 0) is 16.4 Å². The van der Waals surface area contributed by atoms with Crippen LogP contribution in [0.3, 0.4) is 0 Å². The first-order chi connectivity index (χ1) is 13.9. The summed E-state index contributed by atoms with van der Waals surface area (Å²) in [4.78, 5) is 13.5. The molecule has 2 aromatic carbocycles. The Hall–Kier alpha value is -2.52. The van der Waals surface area contributed by atoms with Gasteiger partial charge in [-0.1, -0.05) is 24.3 Å². The first-order valence-electron chi connectivity index (χ1n) is 9.40. The van der Waals surface area contributed by atoms with Crippen LogP contribution in [0.2, 0.25) is 0 Å². The van der Waals surface area contributed by atoms with Gasteiger partial charge in [-0.3, -0.25) is 0 Å². The van der Waals surface area contributed by atoms with Gasteiger partial charge in [-0.05, 0) is 42.7 Å². The lowest BCUT2D eigenvalue weighted by Crippen LogP contribution is -2.53. The zero-order valence-electron chi connectivity index (χ0n) is 15.9. The van der Waals surface area contributed by atoms with Crippen LogP contribution >= 0.6 is 0 Å². The molecule has 0 aromatic heterocycles. The van der Waals surface area contributed by atoms with Crippen LogP contribution in [0.4, 0.5) is 13.6 Å². The molecule has 9 heteroatoms. The third-order valence-corrected chi connectivity index (χ3v) is 6.72. The van der Waals surface area contributed by atoms with Gasteiger partial charge in [0.15, 0.2) is 0 Å². The highest BCUT2D eigenvalue weighted by Crippen LogP contribution is 2.20. The molecule has 1 aliphatic rings. The molecule has 1 aliphatic heterocycles. The molecular weight excluding hydrogens is 400 g/mol. The Morgan fingerprint density at radius 1 is 1.00 bits per heavy atom. The highest BCUT2D eigenvalue weighted by atomic mass is 32.2. The number of amides is 2. The van der Waals surface area contributed by atoms with Crippen LogP contribution in [0.5, 0.6) is 0 Å². The summed E-state index contributed by atoms with van der Waals surface area (Å²) in [6.45, 7) is 1.09. The van der Waals surface area contributed by atoms with Crippen molar-refractivity contribution in [1.29, 1.82) is 0 Å². The average molecular weight is 423 g/mol. The van der Waals surface area contributed by atoms with E-state index in [9.17, 15) is 22.0 Å². The summed E-state index contributed by atoms with van der Waals surface area (Å²) < 4.78 is 53.4. The summed E-state index contributed by atoms with van der Waals surface area (Å²) in [5, 5.41) is 2.80. The number of carbonyl (C=O) groups is 1. The van der Waals surface area contributed by atoms with E-state index in [1.807, 2.05) is 6.07 Å². The summed E-state index contributed by atoms with van der Waals surface area (Å²) in [7, 11) is -3.93. The number of hydrogen-bond donors (Lipinski definition) is 1. The Morgan fingerprint density at radius 3 is 2.41 bits per heavy atom. The number of nitrogens with one attached hydrogen (secondary N) is 1. The summed E-state index contributed by atoms with van der Waals surface area (Å²) in [6, 6.07) is 11.3. The molecule has 1 heterocycles. The van der Waals surface area contributed by atoms with Crippen molar-refractivity contribution in [3.63, 3.8) is 0 Å². The van der Waals surface area contributed by atoms with E-state index in [-0.39, 0.29) is 42.9 Å². The van der Waals surface area contributed by atoms with Gasteiger partial charge in [0.2, 0.25) is 10.0 Å². The van der Waals surface area contributed by atoms with Crippen molar-refractivity contribution < 1.29 is 22.0 Å². The number of hydrogen-bond acceptors (Lipinski definition) is 3. The molecule has 0 radical (unpaired) electrons. The third kappa shape index (κ3) is 5.30. The fourth-order valence-corrected chi connectivity index (χ4v) is 4.70. The first-order valence-corrected chi connectivity index (χ1v) is 10.8. The summed E-state index contributed by atoms with van der Waals surface area (Å²) in [5.74, 6) is -1.07. The molecule has 0 spiro atoms. The molecule has 3 rings (SSSR count). The summed E-state index contributed by atoms with van der Waals surface area (Å²) in [5.41, 5.74) is 0.867. The predicted octanol–water partition coefficient (Wildman–Crippen LogP) is 2.61. The second-order valence-corrected chi connectivity index (χ2v) is 8.69. The van der Waals surface area contributed by atoms with E-state index in [1.54, 1.807) is 6.07 Å². The molecule has 2 amide bonds. The number of nitrogens with zero attached hydrogens (tertiary/aromatic N) is 2. The third-order valence-electron chi connectivity index (χ3n) is 4.79. The Labute approximate surface area is 169 Å². The molecular formula is C20H23F2N3O3S. The van der Waals surface area contributed by atoms with Gasteiger partial charge >= 0.3 is 6.03 Å². The first kappa shape index (κ1) is 21.2.